The van der Waals surface area contributed by atoms with Crippen LogP contribution in [0.5, 0.6) is 0 Å². The number of anilines is 1. The highest BCUT2D eigenvalue weighted by atomic mass is 35.5. The number of fused-ring (bicyclic) bond motifs is 1. The van der Waals surface area contributed by atoms with Gasteiger partial charge in [-0.15, -0.1) is 0 Å². The number of nitrogens with zero attached hydrogens (tertiary/aromatic N) is 1. The summed E-state index contributed by atoms with van der Waals surface area (Å²) in [4.78, 5) is 26.4. The maximum absolute atomic E-state index is 12.4. The smallest absolute Gasteiger partial charge is 0.323 e. The number of amides is 1. The highest BCUT2D eigenvalue weighted by molar-refractivity contribution is 6.30. The number of ether oxygens (including phenoxy) is 1. The van der Waals surface area contributed by atoms with Crippen LogP contribution in [0.3, 0.4) is 0 Å². The Kier molecular flexibility index (Phi) is 5.36. The maximum Gasteiger partial charge on any atom is 0.323 e. The first-order chi connectivity index (χ1) is 12.1. The van der Waals surface area contributed by atoms with Crippen LogP contribution in [-0.4, -0.2) is 36.5 Å². The van der Waals surface area contributed by atoms with Gasteiger partial charge in [-0.3, -0.25) is 14.5 Å². The van der Waals surface area contributed by atoms with Crippen molar-refractivity contribution in [1.29, 1.82) is 0 Å². The summed E-state index contributed by atoms with van der Waals surface area (Å²) in [6, 6.07) is 14.4. The van der Waals surface area contributed by atoms with Crippen molar-refractivity contribution < 1.29 is 14.3 Å². The molecule has 2 aromatic rings. The Morgan fingerprint density at radius 3 is 2.52 bits per heavy atom. The van der Waals surface area contributed by atoms with Gasteiger partial charge < -0.3 is 10.1 Å². The fourth-order valence-electron chi connectivity index (χ4n) is 3.03. The maximum atomic E-state index is 12.4. The van der Waals surface area contributed by atoms with Crippen LogP contribution in [0.1, 0.15) is 11.1 Å². The lowest BCUT2D eigenvalue weighted by Crippen LogP contribution is -2.49. The van der Waals surface area contributed by atoms with E-state index in [1.165, 1.54) is 7.11 Å². The van der Waals surface area contributed by atoms with Gasteiger partial charge in [0.05, 0.1) is 13.7 Å². The summed E-state index contributed by atoms with van der Waals surface area (Å²) in [6.07, 6.45) is 0.539. The topological polar surface area (TPSA) is 58.6 Å². The molecule has 0 aliphatic carbocycles. The molecular weight excluding hydrogens is 340 g/mol. The zero-order valence-electron chi connectivity index (χ0n) is 13.9. The highest BCUT2D eigenvalue weighted by Crippen LogP contribution is 2.24. The van der Waals surface area contributed by atoms with E-state index >= 15 is 0 Å². The van der Waals surface area contributed by atoms with Crippen molar-refractivity contribution in [2.75, 3.05) is 19.0 Å². The Balaban J connectivity index is 1.73. The predicted molar refractivity (Wildman–Crippen MR) is 96.4 cm³/mol. The minimum atomic E-state index is -0.462. The average molecular weight is 359 g/mol. The summed E-state index contributed by atoms with van der Waals surface area (Å²) in [5.41, 5.74) is 2.91. The predicted octanol–water partition coefficient (Wildman–Crippen LogP) is 2.88. The van der Waals surface area contributed by atoms with E-state index in [0.717, 1.165) is 11.1 Å². The fraction of sp³-hybridized carbons (Fsp3) is 0.263. The molecule has 1 N–H and O–H groups in total. The molecule has 1 aliphatic heterocycles. The number of esters is 1. The number of hydrogen-bond acceptors (Lipinski definition) is 4. The molecular formula is C19H19ClN2O3. The lowest BCUT2D eigenvalue weighted by Gasteiger charge is -2.34. The van der Waals surface area contributed by atoms with Gasteiger partial charge in [-0.2, -0.15) is 0 Å². The van der Waals surface area contributed by atoms with Crippen LogP contribution in [0.15, 0.2) is 48.5 Å². The number of benzene rings is 2. The third-order valence-corrected chi connectivity index (χ3v) is 4.55. The standard InChI is InChI=1S/C19H19ClN2O3/c1-25-19(24)17-10-13-4-2-3-5-14(13)11-22(17)12-18(23)21-16-8-6-15(20)7-9-16/h2-9,17H,10-12H2,1H3,(H,21,23)/t17-/m0/s1. The third kappa shape index (κ3) is 4.18. The summed E-state index contributed by atoms with van der Waals surface area (Å²) in [7, 11) is 1.37. The van der Waals surface area contributed by atoms with Crippen LogP contribution in [-0.2, 0) is 27.3 Å². The van der Waals surface area contributed by atoms with Gasteiger partial charge in [-0.25, -0.2) is 0 Å². The lowest BCUT2D eigenvalue weighted by molar-refractivity contribution is -0.148. The van der Waals surface area contributed by atoms with E-state index in [9.17, 15) is 9.59 Å². The number of carbonyl (C=O) groups is 2. The second kappa shape index (κ2) is 7.68. The van der Waals surface area contributed by atoms with Gasteiger partial charge in [0, 0.05) is 17.3 Å². The SMILES string of the molecule is COC(=O)[C@@H]1Cc2ccccc2CN1CC(=O)Nc1ccc(Cl)cc1. The van der Waals surface area contributed by atoms with Gasteiger partial charge in [0.1, 0.15) is 6.04 Å². The van der Waals surface area contributed by atoms with Crippen molar-refractivity contribution >= 4 is 29.2 Å². The molecule has 5 nitrogen and oxygen atoms in total. The minimum Gasteiger partial charge on any atom is -0.468 e. The normalized spacial score (nSPS) is 16.8. The van der Waals surface area contributed by atoms with Gasteiger partial charge >= 0.3 is 5.97 Å². The number of hydrogen-bond donors (Lipinski definition) is 1. The summed E-state index contributed by atoms with van der Waals surface area (Å²) in [6.45, 7) is 0.640. The van der Waals surface area contributed by atoms with E-state index < -0.39 is 6.04 Å². The van der Waals surface area contributed by atoms with E-state index in [0.29, 0.717) is 23.7 Å². The lowest BCUT2D eigenvalue weighted by atomic mass is 9.94. The molecule has 0 saturated carbocycles. The van der Waals surface area contributed by atoms with E-state index in [2.05, 4.69) is 5.32 Å². The molecule has 0 saturated heterocycles. The summed E-state index contributed by atoms with van der Waals surface area (Å²) >= 11 is 5.85. The minimum absolute atomic E-state index is 0.108. The third-order valence-electron chi connectivity index (χ3n) is 4.29. The first-order valence-corrected chi connectivity index (χ1v) is 8.38. The van der Waals surface area contributed by atoms with Gasteiger partial charge in [0.15, 0.2) is 0 Å². The largest absolute Gasteiger partial charge is 0.468 e. The Morgan fingerprint density at radius 1 is 1.16 bits per heavy atom. The Bertz CT molecular complexity index is 776. The molecule has 0 bridgehead atoms. The van der Waals surface area contributed by atoms with Gasteiger partial charge in [0.2, 0.25) is 5.91 Å². The van der Waals surface area contributed by atoms with E-state index in [1.807, 2.05) is 29.2 Å². The zero-order chi connectivity index (χ0) is 17.8. The average Bonchev–Trinajstić information content (AvgIpc) is 2.62. The molecule has 0 aromatic heterocycles. The van der Waals surface area contributed by atoms with Crippen LogP contribution in [0.2, 0.25) is 5.02 Å². The first kappa shape index (κ1) is 17.5. The fourth-order valence-corrected chi connectivity index (χ4v) is 3.16. The zero-order valence-corrected chi connectivity index (χ0v) is 14.6. The monoisotopic (exact) mass is 358 g/mol. The molecule has 3 rings (SSSR count). The second-order valence-electron chi connectivity index (χ2n) is 5.97. The van der Waals surface area contributed by atoms with Crippen molar-refractivity contribution in [3.8, 4) is 0 Å². The van der Waals surface area contributed by atoms with Gasteiger partial charge in [-0.1, -0.05) is 35.9 Å². The van der Waals surface area contributed by atoms with Crippen LogP contribution in [0.25, 0.3) is 0 Å². The second-order valence-corrected chi connectivity index (χ2v) is 6.41. The van der Waals surface area contributed by atoms with E-state index in [-0.39, 0.29) is 18.4 Å². The Labute approximate surface area is 151 Å². The number of halogens is 1. The summed E-state index contributed by atoms with van der Waals surface area (Å²) in [5, 5.41) is 3.43. The van der Waals surface area contributed by atoms with Crippen LogP contribution in [0.4, 0.5) is 5.69 Å². The van der Waals surface area contributed by atoms with Crippen molar-refractivity contribution in [2.45, 2.75) is 19.0 Å². The molecule has 0 unspecified atom stereocenters. The molecule has 1 atom stereocenters. The van der Waals surface area contributed by atoms with Crippen molar-refractivity contribution in [1.82, 2.24) is 4.90 Å². The summed E-state index contributed by atoms with van der Waals surface area (Å²) < 4.78 is 4.92. The molecule has 6 heteroatoms. The van der Waals surface area contributed by atoms with E-state index in [4.69, 9.17) is 16.3 Å². The number of nitrogens with one attached hydrogen (secondary N) is 1. The Morgan fingerprint density at radius 2 is 1.84 bits per heavy atom. The van der Waals surface area contributed by atoms with Gasteiger partial charge in [-0.05, 0) is 41.8 Å². The molecule has 1 heterocycles. The molecule has 1 amide bonds. The molecule has 0 fully saturated rings. The van der Waals surface area contributed by atoms with Crippen LogP contribution >= 0.6 is 11.6 Å². The van der Waals surface area contributed by atoms with Crippen LogP contribution in [0, 0.1) is 0 Å². The number of methoxy groups -OCH3 is 1. The van der Waals surface area contributed by atoms with Crippen LogP contribution < -0.4 is 5.32 Å². The molecule has 130 valence electrons. The molecule has 1 aliphatic rings. The molecule has 25 heavy (non-hydrogen) atoms. The molecule has 2 aromatic carbocycles. The Hall–Kier alpha value is -2.37. The first-order valence-electron chi connectivity index (χ1n) is 8.01. The van der Waals surface area contributed by atoms with E-state index in [1.54, 1.807) is 24.3 Å². The van der Waals surface area contributed by atoms with Crippen molar-refractivity contribution in [3.63, 3.8) is 0 Å². The van der Waals surface area contributed by atoms with Crippen molar-refractivity contribution in [3.05, 3.63) is 64.7 Å². The van der Waals surface area contributed by atoms with Crippen molar-refractivity contribution in [2.24, 2.45) is 0 Å². The quantitative estimate of drug-likeness (QED) is 0.854. The molecule has 0 radical (unpaired) electrons. The highest BCUT2D eigenvalue weighted by Gasteiger charge is 2.33. The molecule has 0 spiro atoms. The number of rotatable bonds is 4. The van der Waals surface area contributed by atoms with Gasteiger partial charge in [0.25, 0.3) is 0 Å². The summed E-state index contributed by atoms with van der Waals surface area (Å²) in [5.74, 6) is -0.510. The number of carbonyl (C=O) groups excluding carboxylic acids is 2.